The summed E-state index contributed by atoms with van der Waals surface area (Å²) in [5.41, 5.74) is -0.273. The maximum absolute atomic E-state index is 12.9. The van der Waals surface area contributed by atoms with Crippen LogP contribution in [0.2, 0.25) is 10.0 Å². The van der Waals surface area contributed by atoms with Gasteiger partial charge in [-0.15, -0.1) is 0 Å². The molecule has 1 N–H and O–H groups in total. The van der Waals surface area contributed by atoms with Gasteiger partial charge in [-0.25, -0.2) is 0 Å². The fraction of sp³-hybridized carbons (Fsp3) is 0.467. The van der Waals surface area contributed by atoms with Crippen molar-refractivity contribution in [1.29, 1.82) is 0 Å². The van der Waals surface area contributed by atoms with Crippen LogP contribution >= 0.6 is 23.2 Å². The summed E-state index contributed by atoms with van der Waals surface area (Å²) in [6, 6.07) is 5.01. The predicted octanol–water partition coefficient (Wildman–Crippen LogP) is 3.41. The largest absolute Gasteiger partial charge is 0.342 e. The molecule has 0 spiro atoms. The molecule has 0 radical (unpaired) electrons. The monoisotopic (exact) mass is 328 g/mol. The lowest BCUT2D eigenvalue weighted by Gasteiger charge is -2.34. The van der Waals surface area contributed by atoms with Crippen LogP contribution in [0.4, 0.5) is 5.69 Å². The molecular formula is C15H18Cl2N2O2. The second kappa shape index (κ2) is 6.24. The lowest BCUT2D eigenvalue weighted by molar-refractivity contribution is -0.130. The van der Waals surface area contributed by atoms with Crippen LogP contribution in [-0.4, -0.2) is 23.9 Å². The standard InChI is InChI=1S/C15H18Cl2N2O2/c1-3-15(4-2)14(21)19(8-7-13(20)18-15)12-6-5-10(16)9-11(12)17/h5-6,9H,3-4,7-8H2,1-2H3,(H,18,20). The van der Waals surface area contributed by atoms with Gasteiger partial charge in [-0.2, -0.15) is 0 Å². The van der Waals surface area contributed by atoms with Crippen LogP contribution < -0.4 is 10.2 Å². The van der Waals surface area contributed by atoms with Crippen molar-refractivity contribution in [3.63, 3.8) is 0 Å². The Kier molecular flexibility index (Phi) is 4.79. The number of benzene rings is 1. The van der Waals surface area contributed by atoms with Crippen LogP contribution in [0, 0.1) is 0 Å². The van der Waals surface area contributed by atoms with Crippen LogP contribution in [0.3, 0.4) is 0 Å². The summed E-state index contributed by atoms with van der Waals surface area (Å²) in [4.78, 5) is 26.5. The average Bonchev–Trinajstić information content (AvgIpc) is 2.58. The van der Waals surface area contributed by atoms with Crippen molar-refractivity contribution in [2.24, 2.45) is 0 Å². The number of carbonyl (C=O) groups is 2. The van der Waals surface area contributed by atoms with E-state index in [9.17, 15) is 9.59 Å². The zero-order valence-electron chi connectivity index (χ0n) is 12.1. The Balaban J connectivity index is 2.47. The molecular weight excluding hydrogens is 311 g/mol. The predicted molar refractivity (Wildman–Crippen MR) is 84.9 cm³/mol. The van der Waals surface area contributed by atoms with Gasteiger partial charge in [-0.3, -0.25) is 9.59 Å². The molecule has 2 rings (SSSR count). The first-order chi connectivity index (χ1) is 9.93. The van der Waals surface area contributed by atoms with Gasteiger partial charge in [-0.05, 0) is 31.0 Å². The number of carbonyl (C=O) groups excluding carboxylic acids is 2. The van der Waals surface area contributed by atoms with E-state index in [1.165, 1.54) is 0 Å². The second-order valence-corrected chi connectivity index (χ2v) is 5.98. The van der Waals surface area contributed by atoms with E-state index in [1.807, 2.05) is 13.8 Å². The quantitative estimate of drug-likeness (QED) is 0.924. The first-order valence-electron chi connectivity index (χ1n) is 7.01. The van der Waals surface area contributed by atoms with Crippen LogP contribution in [0.5, 0.6) is 0 Å². The van der Waals surface area contributed by atoms with Crippen molar-refractivity contribution in [1.82, 2.24) is 5.32 Å². The summed E-state index contributed by atoms with van der Waals surface area (Å²) in [6.07, 6.45) is 1.33. The molecule has 0 unspecified atom stereocenters. The summed E-state index contributed by atoms with van der Waals surface area (Å²) < 4.78 is 0. The molecule has 0 aromatic heterocycles. The van der Waals surface area contributed by atoms with Crippen LogP contribution in [0.15, 0.2) is 18.2 Å². The second-order valence-electron chi connectivity index (χ2n) is 5.14. The van der Waals surface area contributed by atoms with Crippen LogP contribution in [-0.2, 0) is 9.59 Å². The number of halogens is 2. The molecule has 0 bridgehead atoms. The molecule has 1 aromatic carbocycles. The highest BCUT2D eigenvalue weighted by Crippen LogP contribution is 2.32. The minimum Gasteiger partial charge on any atom is -0.342 e. The zero-order chi connectivity index (χ0) is 15.6. The summed E-state index contributed by atoms with van der Waals surface area (Å²) in [6.45, 7) is 4.11. The fourth-order valence-corrected chi connectivity index (χ4v) is 3.13. The lowest BCUT2D eigenvalue weighted by Crippen LogP contribution is -2.56. The number of nitrogens with zero attached hydrogens (tertiary/aromatic N) is 1. The van der Waals surface area contributed by atoms with Gasteiger partial charge in [0.05, 0.1) is 10.7 Å². The molecule has 1 fully saturated rings. The number of amides is 2. The van der Waals surface area contributed by atoms with E-state index in [-0.39, 0.29) is 18.2 Å². The Morgan fingerprint density at radius 2 is 1.90 bits per heavy atom. The minimum atomic E-state index is -0.865. The van der Waals surface area contributed by atoms with Crippen LogP contribution in [0.1, 0.15) is 33.1 Å². The first-order valence-corrected chi connectivity index (χ1v) is 7.77. The molecule has 21 heavy (non-hydrogen) atoms. The molecule has 1 aromatic rings. The highest BCUT2D eigenvalue weighted by molar-refractivity contribution is 6.36. The number of rotatable bonds is 3. The topological polar surface area (TPSA) is 49.4 Å². The molecule has 0 atom stereocenters. The molecule has 1 aliphatic heterocycles. The molecule has 4 nitrogen and oxygen atoms in total. The van der Waals surface area contributed by atoms with E-state index < -0.39 is 5.54 Å². The van der Waals surface area contributed by atoms with E-state index in [4.69, 9.17) is 23.2 Å². The number of anilines is 1. The molecule has 6 heteroatoms. The van der Waals surface area contributed by atoms with Crippen molar-refractivity contribution < 1.29 is 9.59 Å². The van der Waals surface area contributed by atoms with Crippen molar-refractivity contribution >= 4 is 40.7 Å². The Morgan fingerprint density at radius 3 is 2.48 bits per heavy atom. The van der Waals surface area contributed by atoms with Gasteiger partial charge in [0.1, 0.15) is 5.54 Å². The molecule has 2 amide bonds. The third-order valence-corrected chi connectivity index (χ3v) is 4.54. The molecule has 1 heterocycles. The summed E-state index contributed by atoms with van der Waals surface area (Å²) in [5, 5.41) is 3.79. The number of hydrogen-bond acceptors (Lipinski definition) is 2. The normalized spacial score (nSPS) is 18.4. The Bertz CT molecular complexity index is 571. The number of hydrogen-bond donors (Lipinski definition) is 1. The molecule has 0 saturated carbocycles. The van der Waals surface area contributed by atoms with E-state index in [2.05, 4.69) is 5.32 Å². The third-order valence-electron chi connectivity index (χ3n) is 4.00. The summed E-state index contributed by atoms with van der Waals surface area (Å²) in [7, 11) is 0. The Hall–Kier alpha value is -1.26. The Labute approximate surface area is 134 Å². The lowest BCUT2D eigenvalue weighted by atomic mass is 9.91. The van der Waals surface area contributed by atoms with Gasteiger partial charge in [0.25, 0.3) is 5.91 Å². The third kappa shape index (κ3) is 3.01. The smallest absolute Gasteiger partial charge is 0.252 e. The van der Waals surface area contributed by atoms with E-state index >= 15 is 0 Å². The maximum Gasteiger partial charge on any atom is 0.252 e. The minimum absolute atomic E-state index is 0.111. The number of nitrogens with one attached hydrogen (secondary N) is 1. The van der Waals surface area contributed by atoms with E-state index in [0.717, 1.165) is 0 Å². The zero-order valence-corrected chi connectivity index (χ0v) is 13.6. The summed E-state index contributed by atoms with van der Waals surface area (Å²) in [5.74, 6) is -0.234. The highest BCUT2D eigenvalue weighted by Gasteiger charge is 2.42. The molecule has 114 valence electrons. The van der Waals surface area contributed by atoms with Crippen molar-refractivity contribution in [3.8, 4) is 0 Å². The van der Waals surface area contributed by atoms with Gasteiger partial charge in [0.2, 0.25) is 5.91 Å². The Morgan fingerprint density at radius 1 is 1.24 bits per heavy atom. The molecule has 0 aliphatic carbocycles. The highest BCUT2D eigenvalue weighted by atomic mass is 35.5. The van der Waals surface area contributed by atoms with Crippen LogP contribution in [0.25, 0.3) is 0 Å². The van der Waals surface area contributed by atoms with Crippen molar-refractivity contribution in [3.05, 3.63) is 28.2 Å². The maximum atomic E-state index is 12.9. The summed E-state index contributed by atoms with van der Waals surface area (Å²) >= 11 is 12.1. The molecule has 1 aliphatic rings. The van der Waals surface area contributed by atoms with E-state index in [0.29, 0.717) is 35.1 Å². The van der Waals surface area contributed by atoms with Gasteiger partial charge in [0, 0.05) is 18.0 Å². The van der Waals surface area contributed by atoms with Gasteiger partial charge in [-0.1, -0.05) is 37.0 Å². The molecule has 1 saturated heterocycles. The van der Waals surface area contributed by atoms with Gasteiger partial charge >= 0.3 is 0 Å². The van der Waals surface area contributed by atoms with Gasteiger partial charge < -0.3 is 10.2 Å². The van der Waals surface area contributed by atoms with Crippen molar-refractivity contribution in [2.75, 3.05) is 11.4 Å². The SMILES string of the molecule is CCC1(CC)NC(=O)CCN(c2ccc(Cl)cc2Cl)C1=O. The van der Waals surface area contributed by atoms with E-state index in [1.54, 1.807) is 23.1 Å². The van der Waals surface area contributed by atoms with Gasteiger partial charge in [0.15, 0.2) is 0 Å². The average molecular weight is 329 g/mol. The first kappa shape index (κ1) is 16.1. The van der Waals surface area contributed by atoms with Crippen molar-refractivity contribution in [2.45, 2.75) is 38.6 Å². The fourth-order valence-electron chi connectivity index (χ4n) is 2.62.